The predicted molar refractivity (Wildman–Crippen MR) is 54.0 cm³/mol. The molecule has 80 valence electrons. The maximum atomic E-state index is 5.59. The van der Waals surface area contributed by atoms with E-state index in [-0.39, 0.29) is 6.04 Å². The van der Waals surface area contributed by atoms with Crippen LogP contribution >= 0.6 is 0 Å². The molecule has 0 aliphatic rings. The lowest BCUT2D eigenvalue weighted by atomic mass is 10.1. The smallest absolute Gasteiger partial charge is 0.211 e. The topological polar surface area (TPSA) is 47.3 Å². The molecule has 0 aliphatic heterocycles. The molecule has 1 atom stereocenters. The van der Waals surface area contributed by atoms with Gasteiger partial charge in [0.2, 0.25) is 5.89 Å². The molecule has 1 aromatic rings. The van der Waals surface area contributed by atoms with Crippen LogP contribution in [0.5, 0.6) is 0 Å². The molecule has 0 saturated carbocycles. The molecule has 0 fully saturated rings. The van der Waals surface area contributed by atoms with Crippen molar-refractivity contribution in [3.05, 3.63) is 17.8 Å². The van der Waals surface area contributed by atoms with Gasteiger partial charge in [-0.15, -0.1) is 0 Å². The van der Waals surface area contributed by atoms with Gasteiger partial charge in [0.25, 0.3) is 0 Å². The number of nitrogens with one attached hydrogen (secondary N) is 1. The Morgan fingerprint density at radius 3 is 2.71 bits per heavy atom. The highest BCUT2D eigenvalue weighted by Gasteiger charge is 2.25. The minimum absolute atomic E-state index is 0.122. The van der Waals surface area contributed by atoms with Crippen LogP contribution in [0, 0.1) is 0 Å². The Hall–Kier alpha value is -0.870. The van der Waals surface area contributed by atoms with Gasteiger partial charge >= 0.3 is 0 Å². The first-order valence-corrected chi connectivity index (χ1v) is 4.70. The SMILES string of the molecule is CNC(C)c1ncc(C(C)(C)OC)o1. The summed E-state index contributed by atoms with van der Waals surface area (Å²) in [5, 5.41) is 3.07. The molecule has 4 heteroatoms. The quantitative estimate of drug-likeness (QED) is 0.802. The highest BCUT2D eigenvalue weighted by molar-refractivity contribution is 5.05. The Bertz CT molecular complexity index is 294. The zero-order chi connectivity index (χ0) is 10.8. The number of oxazole rings is 1. The fourth-order valence-electron chi connectivity index (χ4n) is 0.990. The van der Waals surface area contributed by atoms with Crippen molar-refractivity contribution in [2.24, 2.45) is 0 Å². The summed E-state index contributed by atoms with van der Waals surface area (Å²) >= 11 is 0. The van der Waals surface area contributed by atoms with Gasteiger partial charge < -0.3 is 14.5 Å². The number of ether oxygens (including phenoxy) is 1. The zero-order valence-corrected chi connectivity index (χ0v) is 9.42. The first-order valence-electron chi connectivity index (χ1n) is 4.70. The van der Waals surface area contributed by atoms with Gasteiger partial charge in [-0.2, -0.15) is 0 Å². The summed E-state index contributed by atoms with van der Waals surface area (Å²) in [6.45, 7) is 5.89. The van der Waals surface area contributed by atoms with E-state index in [1.807, 2.05) is 27.8 Å². The number of nitrogens with zero attached hydrogens (tertiary/aromatic N) is 1. The molecule has 1 N–H and O–H groups in total. The lowest BCUT2D eigenvalue weighted by Gasteiger charge is -2.19. The minimum atomic E-state index is -0.418. The van der Waals surface area contributed by atoms with Crippen LogP contribution in [0.1, 0.15) is 38.5 Å². The second-order valence-electron chi connectivity index (χ2n) is 3.79. The largest absolute Gasteiger partial charge is 0.441 e. The first kappa shape index (κ1) is 11.2. The fraction of sp³-hybridized carbons (Fsp3) is 0.700. The summed E-state index contributed by atoms with van der Waals surface area (Å²) in [4.78, 5) is 4.19. The molecule has 0 bridgehead atoms. The lowest BCUT2D eigenvalue weighted by Crippen LogP contribution is -2.18. The van der Waals surface area contributed by atoms with Gasteiger partial charge in [0.15, 0.2) is 5.76 Å². The Balaban J connectivity index is 2.88. The summed E-state index contributed by atoms with van der Waals surface area (Å²) in [6, 6.07) is 0.122. The maximum Gasteiger partial charge on any atom is 0.211 e. The second-order valence-corrected chi connectivity index (χ2v) is 3.79. The average molecular weight is 198 g/mol. The van der Waals surface area contributed by atoms with Crippen LogP contribution in [-0.2, 0) is 10.3 Å². The number of rotatable bonds is 4. The van der Waals surface area contributed by atoms with Crippen LogP contribution in [0.2, 0.25) is 0 Å². The van der Waals surface area contributed by atoms with E-state index in [4.69, 9.17) is 9.15 Å². The second kappa shape index (κ2) is 4.11. The third-order valence-electron chi connectivity index (χ3n) is 2.43. The van der Waals surface area contributed by atoms with Crippen molar-refractivity contribution in [2.75, 3.05) is 14.2 Å². The highest BCUT2D eigenvalue weighted by Crippen LogP contribution is 2.25. The first-order chi connectivity index (χ1) is 6.51. The van der Waals surface area contributed by atoms with Crippen LogP contribution < -0.4 is 5.32 Å². The van der Waals surface area contributed by atoms with E-state index in [1.54, 1.807) is 13.3 Å². The molecule has 4 nitrogen and oxygen atoms in total. The van der Waals surface area contributed by atoms with E-state index < -0.39 is 5.60 Å². The monoisotopic (exact) mass is 198 g/mol. The number of hydrogen-bond acceptors (Lipinski definition) is 4. The summed E-state index contributed by atoms with van der Waals surface area (Å²) in [7, 11) is 3.53. The molecule has 0 aliphatic carbocycles. The van der Waals surface area contributed by atoms with Crippen molar-refractivity contribution < 1.29 is 9.15 Å². The van der Waals surface area contributed by atoms with Crippen LogP contribution in [-0.4, -0.2) is 19.1 Å². The Morgan fingerprint density at radius 2 is 2.21 bits per heavy atom. The third-order valence-corrected chi connectivity index (χ3v) is 2.43. The van der Waals surface area contributed by atoms with Crippen LogP contribution in [0.4, 0.5) is 0 Å². The molecule has 1 unspecified atom stereocenters. The van der Waals surface area contributed by atoms with Crippen molar-refractivity contribution in [2.45, 2.75) is 32.4 Å². The number of aromatic nitrogens is 1. The van der Waals surface area contributed by atoms with E-state index in [1.165, 1.54) is 0 Å². The maximum absolute atomic E-state index is 5.59. The normalized spacial score (nSPS) is 14.4. The third kappa shape index (κ3) is 2.13. The van der Waals surface area contributed by atoms with Gasteiger partial charge in [-0.25, -0.2) is 4.98 Å². The zero-order valence-electron chi connectivity index (χ0n) is 9.42. The molecule has 0 saturated heterocycles. The van der Waals surface area contributed by atoms with Gasteiger partial charge in [0.05, 0.1) is 12.2 Å². The Morgan fingerprint density at radius 1 is 1.57 bits per heavy atom. The molecule has 1 heterocycles. The van der Waals surface area contributed by atoms with Gasteiger partial charge in [0.1, 0.15) is 5.60 Å². The van der Waals surface area contributed by atoms with Crippen molar-refractivity contribution >= 4 is 0 Å². The predicted octanol–water partition coefficient (Wildman–Crippen LogP) is 1.84. The van der Waals surface area contributed by atoms with E-state index in [9.17, 15) is 0 Å². The molecular weight excluding hydrogens is 180 g/mol. The Labute approximate surface area is 84.7 Å². The van der Waals surface area contributed by atoms with Crippen molar-refractivity contribution in [3.8, 4) is 0 Å². The summed E-state index contributed by atoms with van der Waals surface area (Å²) < 4.78 is 10.9. The van der Waals surface area contributed by atoms with Gasteiger partial charge in [0, 0.05) is 7.11 Å². The highest BCUT2D eigenvalue weighted by atomic mass is 16.5. The molecule has 0 radical (unpaired) electrons. The van der Waals surface area contributed by atoms with E-state index >= 15 is 0 Å². The van der Waals surface area contributed by atoms with Crippen LogP contribution in [0.3, 0.4) is 0 Å². The van der Waals surface area contributed by atoms with E-state index in [0.717, 1.165) is 5.76 Å². The standard InChI is InChI=1S/C10H18N2O2/c1-7(11-4)9-12-6-8(14-9)10(2,3)13-5/h6-7,11H,1-5H3. The molecule has 14 heavy (non-hydrogen) atoms. The van der Waals surface area contributed by atoms with Crippen LogP contribution in [0.25, 0.3) is 0 Å². The van der Waals surface area contributed by atoms with Crippen molar-refractivity contribution in [1.29, 1.82) is 0 Å². The fourth-order valence-corrected chi connectivity index (χ4v) is 0.990. The van der Waals surface area contributed by atoms with Crippen molar-refractivity contribution in [1.82, 2.24) is 10.3 Å². The molecule has 0 amide bonds. The van der Waals surface area contributed by atoms with Gasteiger partial charge in [-0.1, -0.05) is 0 Å². The molecule has 1 aromatic heterocycles. The number of hydrogen-bond donors (Lipinski definition) is 1. The lowest BCUT2D eigenvalue weighted by molar-refractivity contribution is -0.000228. The van der Waals surface area contributed by atoms with Gasteiger partial charge in [-0.3, -0.25) is 0 Å². The summed E-state index contributed by atoms with van der Waals surface area (Å²) in [5.74, 6) is 1.43. The van der Waals surface area contributed by atoms with Crippen molar-refractivity contribution in [3.63, 3.8) is 0 Å². The summed E-state index contributed by atoms with van der Waals surface area (Å²) in [6.07, 6.45) is 1.71. The minimum Gasteiger partial charge on any atom is -0.441 e. The molecular formula is C10H18N2O2. The molecule has 0 spiro atoms. The van der Waals surface area contributed by atoms with Crippen LogP contribution in [0.15, 0.2) is 10.6 Å². The Kier molecular flexibility index (Phi) is 3.29. The van der Waals surface area contributed by atoms with E-state index in [2.05, 4.69) is 10.3 Å². The molecule has 1 rings (SSSR count). The van der Waals surface area contributed by atoms with Gasteiger partial charge in [-0.05, 0) is 27.8 Å². The molecule has 0 aromatic carbocycles. The number of methoxy groups -OCH3 is 1. The van der Waals surface area contributed by atoms with E-state index in [0.29, 0.717) is 5.89 Å². The average Bonchev–Trinajstić information content (AvgIpc) is 2.66. The summed E-state index contributed by atoms with van der Waals surface area (Å²) in [5.41, 5.74) is -0.418.